The van der Waals surface area contributed by atoms with Gasteiger partial charge in [-0.3, -0.25) is 0 Å². The summed E-state index contributed by atoms with van der Waals surface area (Å²) < 4.78 is 0. The van der Waals surface area contributed by atoms with Crippen LogP contribution >= 0.6 is 11.8 Å². The van der Waals surface area contributed by atoms with E-state index in [2.05, 4.69) is 193 Å². The fourth-order valence-electron chi connectivity index (χ4n) is 10.3. The Hall–Kier alpha value is -5.37. The average molecular weight is 739 g/mol. The molecule has 1 unspecified atom stereocenters. The van der Waals surface area contributed by atoms with E-state index in [0.29, 0.717) is 0 Å². The Morgan fingerprint density at radius 2 is 1.20 bits per heavy atom. The van der Waals surface area contributed by atoms with Gasteiger partial charge < -0.3 is 0 Å². The molecule has 0 nitrogen and oxygen atoms in total. The highest BCUT2D eigenvalue weighted by Crippen LogP contribution is 2.64. The van der Waals surface area contributed by atoms with Crippen LogP contribution in [0.4, 0.5) is 0 Å². The molecule has 0 bridgehead atoms. The van der Waals surface area contributed by atoms with Crippen molar-refractivity contribution in [1.29, 1.82) is 0 Å². The Balaban J connectivity index is 1.04. The lowest BCUT2D eigenvalue weighted by Crippen LogP contribution is -2.27. The minimum atomic E-state index is -0.378. The van der Waals surface area contributed by atoms with Gasteiger partial charge in [-0.15, -0.1) is 0 Å². The zero-order valence-corrected chi connectivity index (χ0v) is 33.9. The molecule has 1 heteroatoms. The van der Waals surface area contributed by atoms with Crippen LogP contribution in [0.5, 0.6) is 0 Å². The largest absolute Gasteiger partial charge is 0.0888 e. The van der Waals surface area contributed by atoms with Gasteiger partial charge in [0.2, 0.25) is 0 Å². The van der Waals surface area contributed by atoms with Crippen LogP contribution < -0.4 is 0 Å². The second kappa shape index (κ2) is 11.8. The lowest BCUT2D eigenvalue weighted by Gasteiger charge is -2.33. The lowest BCUT2D eigenvalue weighted by molar-refractivity contribution is 0.586. The number of allylic oxidation sites excluding steroid dienone is 4. The standard InChI is InChI=1S/C55H46S/c1-53(2,3)37-25-27-40-41-28-26-38(54(4,5)6)32-48(41)55(47(40)31-37)45-17-8-7-14-43(45)52-39(15-11-18-46(52)55)34-22-20-33(21-23-34)36-24-29-49-44(30-36)42-16-9-12-35-13-10-19-50(56-49)51(35)42/h7-22,24-32,34H,23H2,1-6H3. The van der Waals surface area contributed by atoms with E-state index in [1.54, 1.807) is 0 Å². The molecule has 0 aromatic heterocycles. The van der Waals surface area contributed by atoms with E-state index in [1.165, 1.54) is 104 Å². The summed E-state index contributed by atoms with van der Waals surface area (Å²) in [4.78, 5) is 2.69. The van der Waals surface area contributed by atoms with E-state index in [0.717, 1.165) is 6.42 Å². The maximum absolute atomic E-state index is 2.55. The first-order valence-electron chi connectivity index (χ1n) is 20.3. The van der Waals surface area contributed by atoms with E-state index < -0.39 is 0 Å². The number of fused-ring (bicyclic) bond motifs is 12. The molecule has 0 fully saturated rings. The van der Waals surface area contributed by atoms with Crippen molar-refractivity contribution in [2.75, 3.05) is 0 Å². The summed E-state index contributed by atoms with van der Waals surface area (Å²) in [7, 11) is 0. The summed E-state index contributed by atoms with van der Waals surface area (Å²) in [5.41, 5.74) is 20.4. The van der Waals surface area contributed by atoms with Crippen molar-refractivity contribution in [1.82, 2.24) is 0 Å². The second-order valence-corrected chi connectivity index (χ2v) is 19.5. The van der Waals surface area contributed by atoms with Crippen LogP contribution in [0.25, 0.3) is 49.7 Å². The van der Waals surface area contributed by atoms with Crippen molar-refractivity contribution in [2.45, 2.75) is 79.9 Å². The molecule has 4 aliphatic rings. The quantitative estimate of drug-likeness (QED) is 0.170. The van der Waals surface area contributed by atoms with E-state index in [9.17, 15) is 0 Å². The first-order valence-corrected chi connectivity index (χ1v) is 21.1. The van der Waals surface area contributed by atoms with Gasteiger partial charge in [0.25, 0.3) is 0 Å². The summed E-state index contributed by atoms with van der Waals surface area (Å²) in [6.45, 7) is 14.1. The van der Waals surface area contributed by atoms with Gasteiger partial charge in [0.05, 0.1) is 5.41 Å². The molecule has 0 radical (unpaired) electrons. The van der Waals surface area contributed by atoms with Crippen LogP contribution in [0.1, 0.15) is 98.4 Å². The summed E-state index contributed by atoms with van der Waals surface area (Å²) in [6.07, 6.45) is 8.33. The third-order valence-corrected chi connectivity index (χ3v) is 14.3. The summed E-state index contributed by atoms with van der Waals surface area (Å²) in [5, 5.41) is 2.70. The Labute approximate surface area is 336 Å². The molecule has 0 saturated heterocycles. The zero-order valence-electron chi connectivity index (χ0n) is 33.1. The second-order valence-electron chi connectivity index (χ2n) is 18.4. The summed E-state index contributed by atoms with van der Waals surface area (Å²) in [5.74, 6) is 0.285. The number of hydrogen-bond donors (Lipinski definition) is 0. The van der Waals surface area contributed by atoms with Gasteiger partial charge in [0, 0.05) is 21.1 Å². The number of rotatable bonds is 2. The van der Waals surface area contributed by atoms with E-state index in [4.69, 9.17) is 0 Å². The Morgan fingerprint density at radius 1 is 0.536 bits per heavy atom. The predicted octanol–water partition coefficient (Wildman–Crippen LogP) is 15.0. The van der Waals surface area contributed by atoms with Crippen molar-refractivity contribution in [3.05, 3.63) is 196 Å². The van der Waals surface area contributed by atoms with Crippen LogP contribution in [0.15, 0.2) is 161 Å². The molecule has 1 heterocycles. The highest BCUT2D eigenvalue weighted by atomic mass is 32.2. The zero-order chi connectivity index (χ0) is 38.1. The predicted molar refractivity (Wildman–Crippen MR) is 238 cm³/mol. The fourth-order valence-corrected chi connectivity index (χ4v) is 11.4. The maximum atomic E-state index is 2.55. The Morgan fingerprint density at radius 3 is 1.89 bits per heavy atom. The molecule has 7 aromatic carbocycles. The Bertz CT molecular complexity index is 2810. The van der Waals surface area contributed by atoms with Crippen molar-refractivity contribution in [3.63, 3.8) is 0 Å². The van der Waals surface area contributed by atoms with Crippen LogP contribution in [-0.4, -0.2) is 0 Å². The molecule has 1 atom stereocenters. The van der Waals surface area contributed by atoms with Crippen LogP contribution in [0, 0.1) is 0 Å². The molecular formula is C55H46S. The third-order valence-electron chi connectivity index (χ3n) is 13.2. The topological polar surface area (TPSA) is 0 Å². The first-order chi connectivity index (χ1) is 27.0. The van der Waals surface area contributed by atoms with E-state index in [1.807, 2.05) is 11.8 Å². The van der Waals surface area contributed by atoms with Crippen LogP contribution in [0.3, 0.4) is 0 Å². The van der Waals surface area contributed by atoms with Gasteiger partial charge in [-0.1, -0.05) is 187 Å². The number of hydrogen-bond acceptors (Lipinski definition) is 1. The fraction of sp³-hybridized carbons (Fsp3) is 0.200. The van der Waals surface area contributed by atoms with E-state index in [-0.39, 0.29) is 22.2 Å². The molecule has 3 aliphatic carbocycles. The highest BCUT2D eigenvalue weighted by Gasteiger charge is 2.53. The van der Waals surface area contributed by atoms with Crippen molar-refractivity contribution in [2.24, 2.45) is 0 Å². The van der Waals surface area contributed by atoms with Crippen molar-refractivity contribution >= 4 is 28.1 Å². The number of benzene rings is 7. The minimum absolute atomic E-state index is 0.0377. The Kier molecular flexibility index (Phi) is 7.16. The van der Waals surface area contributed by atoms with Gasteiger partial charge in [0.1, 0.15) is 0 Å². The molecule has 0 saturated carbocycles. The SMILES string of the molecule is CC(C)(C)c1ccc2c(c1)C1(c3cc(C(C)(C)C)ccc3-2)c2ccccc2-c2c(C3C=CC(c4ccc5c(c4)-c4cccc6cccc(c46)S5)=CC3)cccc21. The molecule has 11 rings (SSSR count). The molecule has 1 spiro atoms. The minimum Gasteiger partial charge on any atom is -0.0888 e. The van der Waals surface area contributed by atoms with Crippen molar-refractivity contribution < 1.29 is 0 Å². The van der Waals surface area contributed by atoms with E-state index >= 15 is 0 Å². The van der Waals surface area contributed by atoms with Gasteiger partial charge in [-0.2, -0.15) is 0 Å². The van der Waals surface area contributed by atoms with Gasteiger partial charge in [-0.05, 0) is 124 Å². The van der Waals surface area contributed by atoms with Crippen LogP contribution in [0.2, 0.25) is 0 Å². The van der Waals surface area contributed by atoms with Gasteiger partial charge in [-0.25, -0.2) is 0 Å². The van der Waals surface area contributed by atoms with Crippen LogP contribution in [-0.2, 0) is 16.2 Å². The van der Waals surface area contributed by atoms with Gasteiger partial charge in [0.15, 0.2) is 0 Å². The summed E-state index contributed by atoms with van der Waals surface area (Å²) >= 11 is 1.90. The monoisotopic (exact) mass is 738 g/mol. The molecule has 0 N–H and O–H groups in total. The normalized spacial score (nSPS) is 17.0. The van der Waals surface area contributed by atoms with Crippen molar-refractivity contribution in [3.8, 4) is 33.4 Å². The third kappa shape index (κ3) is 4.74. The smallest absolute Gasteiger partial charge is 0.0725 e. The first kappa shape index (κ1) is 33.9. The molecule has 7 aromatic rings. The lowest BCUT2D eigenvalue weighted by atomic mass is 9.68. The molecule has 1 aliphatic heterocycles. The molecule has 0 amide bonds. The molecule has 56 heavy (non-hydrogen) atoms. The highest BCUT2D eigenvalue weighted by molar-refractivity contribution is 7.99. The van der Waals surface area contributed by atoms with Gasteiger partial charge >= 0.3 is 0 Å². The average Bonchev–Trinajstić information content (AvgIpc) is 3.67. The summed E-state index contributed by atoms with van der Waals surface area (Å²) in [6, 6.07) is 51.7. The molecule has 272 valence electrons. The maximum Gasteiger partial charge on any atom is 0.0725 e. The molecular weight excluding hydrogens is 693 g/mol.